The molecule has 5 aromatic rings. The molecule has 8 heteroatoms. The molecule has 0 aromatic heterocycles. The summed E-state index contributed by atoms with van der Waals surface area (Å²) < 4.78 is 13.1. The fourth-order valence-electron chi connectivity index (χ4n) is 7.46. The first-order valence-electron chi connectivity index (χ1n) is 17.5. The Balaban J connectivity index is 1.12. The van der Waals surface area contributed by atoms with Crippen molar-refractivity contribution in [2.75, 3.05) is 24.6 Å². The van der Waals surface area contributed by atoms with E-state index in [4.69, 9.17) is 14.5 Å². The summed E-state index contributed by atoms with van der Waals surface area (Å²) in [5.74, 6) is 1.77. The summed E-state index contributed by atoms with van der Waals surface area (Å²) >= 11 is 3.65. The average molecular weight is 804 g/mol. The number of rotatable bonds is 9. The zero-order valence-corrected chi connectivity index (χ0v) is 31.3. The fourth-order valence-corrected chi connectivity index (χ4v) is 9.08. The van der Waals surface area contributed by atoms with E-state index >= 15 is 0 Å². The molecule has 0 radical (unpaired) electrons. The van der Waals surface area contributed by atoms with Gasteiger partial charge >= 0.3 is 0 Å². The van der Waals surface area contributed by atoms with Gasteiger partial charge in [-0.2, -0.15) is 0 Å². The molecule has 0 unspecified atom stereocenters. The number of anilines is 1. The summed E-state index contributed by atoms with van der Waals surface area (Å²) in [6.45, 7) is 4.98. The molecule has 3 aliphatic rings. The zero-order valence-electron chi connectivity index (χ0n) is 28.3. The molecule has 5 aromatic carbocycles. The summed E-state index contributed by atoms with van der Waals surface area (Å²) in [6, 6.07) is 40.2. The van der Waals surface area contributed by atoms with E-state index in [0.29, 0.717) is 34.8 Å². The zero-order chi connectivity index (χ0) is 34.7. The highest BCUT2D eigenvalue weighted by molar-refractivity contribution is 14.1. The SMILES string of the molecule is CCOc1cc(/C=C2\SC(=Nc3cc4c5c(c3)[C@@H](c3ccccc3)CCN5CC[C@@H]4c3ccccc3)NC2=O)cc(I)c1OCc1ccccc1. The summed E-state index contributed by atoms with van der Waals surface area (Å²) in [6.07, 6.45) is 4.02. The monoisotopic (exact) mass is 803 g/mol. The van der Waals surface area contributed by atoms with Gasteiger partial charge in [-0.15, -0.1) is 0 Å². The minimum atomic E-state index is -0.161. The summed E-state index contributed by atoms with van der Waals surface area (Å²) in [7, 11) is 0. The van der Waals surface area contributed by atoms with Crippen LogP contribution in [-0.4, -0.2) is 30.8 Å². The molecule has 6 nitrogen and oxygen atoms in total. The molecule has 3 aliphatic heterocycles. The first-order chi connectivity index (χ1) is 25.0. The number of nitrogens with one attached hydrogen (secondary N) is 1. The van der Waals surface area contributed by atoms with Crippen molar-refractivity contribution in [3.05, 3.63) is 157 Å². The quantitative estimate of drug-likeness (QED) is 0.119. The maximum Gasteiger partial charge on any atom is 0.264 e. The molecule has 256 valence electrons. The molecule has 1 fully saturated rings. The van der Waals surface area contributed by atoms with E-state index in [9.17, 15) is 4.79 Å². The number of nitrogens with zero attached hydrogens (tertiary/aromatic N) is 2. The first-order valence-corrected chi connectivity index (χ1v) is 19.4. The standard InChI is InChI=1S/C43H38IN3O3S/c1-2-49-38-23-29(22-37(44)41(38)50-27-28-12-6-3-7-13-28)24-39-42(48)46-43(51-39)45-32-25-35-33(30-14-8-4-9-15-30)18-20-47-21-19-34(36(26-32)40(35)47)31-16-10-5-11-17-31/h3-17,22-26,33-34H,2,18-21,27H2,1H3,(H,45,46,48)/b39-24-/t33-,34-/m1/s1. The van der Waals surface area contributed by atoms with Crippen LogP contribution < -0.4 is 19.7 Å². The van der Waals surface area contributed by atoms with Gasteiger partial charge < -0.3 is 19.7 Å². The fraction of sp³-hybridized carbons (Fsp3) is 0.209. The molecule has 51 heavy (non-hydrogen) atoms. The van der Waals surface area contributed by atoms with Crippen molar-refractivity contribution in [3.8, 4) is 11.5 Å². The molecule has 0 bridgehead atoms. The van der Waals surface area contributed by atoms with E-state index < -0.39 is 0 Å². The number of hydrogen-bond acceptors (Lipinski definition) is 6. The van der Waals surface area contributed by atoms with Crippen LogP contribution in [0.3, 0.4) is 0 Å². The minimum absolute atomic E-state index is 0.161. The second kappa shape index (κ2) is 15.0. The number of thioether (sulfide) groups is 1. The predicted octanol–water partition coefficient (Wildman–Crippen LogP) is 10.0. The Bertz CT molecular complexity index is 2050. The highest BCUT2D eigenvalue weighted by Gasteiger charge is 2.35. The molecule has 0 saturated carbocycles. The van der Waals surface area contributed by atoms with Crippen LogP contribution in [0.15, 0.2) is 125 Å². The molecule has 3 heterocycles. The number of benzene rings is 5. The minimum Gasteiger partial charge on any atom is -0.490 e. The molecule has 0 aliphatic carbocycles. The lowest BCUT2D eigenvalue weighted by atomic mass is 9.76. The van der Waals surface area contributed by atoms with Gasteiger partial charge in [0, 0.05) is 30.6 Å². The lowest BCUT2D eigenvalue weighted by molar-refractivity contribution is -0.115. The molecule has 1 saturated heterocycles. The van der Waals surface area contributed by atoms with Gasteiger partial charge in [-0.1, -0.05) is 91.0 Å². The van der Waals surface area contributed by atoms with Crippen LogP contribution in [0, 0.1) is 3.57 Å². The van der Waals surface area contributed by atoms with Crippen molar-refractivity contribution in [3.63, 3.8) is 0 Å². The number of carbonyl (C=O) groups excluding carboxylic acids is 1. The lowest BCUT2D eigenvalue weighted by Gasteiger charge is -2.43. The van der Waals surface area contributed by atoms with E-state index in [2.05, 4.69) is 106 Å². The second-order valence-corrected chi connectivity index (χ2v) is 15.2. The van der Waals surface area contributed by atoms with E-state index in [-0.39, 0.29) is 17.7 Å². The number of aliphatic imine (C=N–C) groups is 1. The average Bonchev–Trinajstić information content (AvgIpc) is 3.50. The largest absolute Gasteiger partial charge is 0.490 e. The van der Waals surface area contributed by atoms with Crippen molar-refractivity contribution in [1.82, 2.24) is 5.32 Å². The molecule has 1 N–H and O–H groups in total. The Labute approximate surface area is 317 Å². The van der Waals surface area contributed by atoms with Crippen LogP contribution in [0.4, 0.5) is 11.4 Å². The maximum atomic E-state index is 13.3. The van der Waals surface area contributed by atoms with Gasteiger partial charge in [0.2, 0.25) is 0 Å². The van der Waals surface area contributed by atoms with Crippen molar-refractivity contribution < 1.29 is 14.3 Å². The topological polar surface area (TPSA) is 63.2 Å². The number of amidine groups is 1. The Hall–Kier alpha value is -4.54. The molecule has 8 rings (SSSR count). The molecule has 0 spiro atoms. The maximum absolute atomic E-state index is 13.3. The van der Waals surface area contributed by atoms with Crippen molar-refractivity contribution >= 4 is 62.9 Å². The summed E-state index contributed by atoms with van der Waals surface area (Å²) in [5.41, 5.74) is 9.48. The molecular formula is C43H38IN3O3S. The van der Waals surface area contributed by atoms with Gasteiger partial charge in [0.1, 0.15) is 6.61 Å². The van der Waals surface area contributed by atoms with Gasteiger partial charge in [0.05, 0.1) is 20.8 Å². The van der Waals surface area contributed by atoms with E-state index in [1.54, 1.807) is 0 Å². The van der Waals surface area contributed by atoms with Crippen LogP contribution in [0.25, 0.3) is 6.08 Å². The van der Waals surface area contributed by atoms with E-state index in [1.807, 2.05) is 55.5 Å². The molecule has 2 atom stereocenters. The van der Waals surface area contributed by atoms with Gasteiger partial charge in [-0.25, -0.2) is 4.99 Å². The second-order valence-electron chi connectivity index (χ2n) is 13.0. The Morgan fingerprint density at radius 1 is 0.843 bits per heavy atom. The number of ether oxygens (including phenoxy) is 2. The highest BCUT2D eigenvalue weighted by Crippen LogP contribution is 2.50. The van der Waals surface area contributed by atoms with Gasteiger partial charge in [-0.3, -0.25) is 4.79 Å². The van der Waals surface area contributed by atoms with E-state index in [0.717, 1.165) is 46.3 Å². The van der Waals surface area contributed by atoms with Crippen molar-refractivity contribution in [2.24, 2.45) is 4.99 Å². The van der Waals surface area contributed by atoms with Gasteiger partial charge in [0.15, 0.2) is 16.7 Å². The molecule has 1 amide bonds. The van der Waals surface area contributed by atoms with Crippen LogP contribution in [0.2, 0.25) is 0 Å². The number of halogens is 1. The van der Waals surface area contributed by atoms with Crippen LogP contribution in [0.1, 0.15) is 65.0 Å². The first kappa shape index (κ1) is 33.6. The number of carbonyl (C=O) groups is 1. The van der Waals surface area contributed by atoms with E-state index in [1.165, 1.54) is 39.7 Å². The molecular weight excluding hydrogens is 765 g/mol. The van der Waals surface area contributed by atoms with Gasteiger partial charge in [0.25, 0.3) is 5.91 Å². The third-order valence-electron chi connectivity index (χ3n) is 9.74. The van der Waals surface area contributed by atoms with Crippen LogP contribution >= 0.6 is 34.4 Å². The predicted molar refractivity (Wildman–Crippen MR) is 216 cm³/mol. The Kier molecular flexibility index (Phi) is 9.87. The number of amides is 1. The third-order valence-corrected chi connectivity index (χ3v) is 11.4. The highest BCUT2D eigenvalue weighted by atomic mass is 127. The van der Waals surface area contributed by atoms with Crippen molar-refractivity contribution in [2.45, 2.75) is 38.2 Å². The number of hydrogen-bond donors (Lipinski definition) is 1. The van der Waals surface area contributed by atoms with Gasteiger partial charge in [-0.05, 0) is 118 Å². The van der Waals surface area contributed by atoms with Crippen molar-refractivity contribution in [1.29, 1.82) is 0 Å². The Morgan fingerprint density at radius 3 is 2.06 bits per heavy atom. The van der Waals surface area contributed by atoms with Crippen LogP contribution in [0.5, 0.6) is 11.5 Å². The summed E-state index contributed by atoms with van der Waals surface area (Å²) in [5, 5.41) is 3.62. The van der Waals surface area contributed by atoms with Crippen LogP contribution in [-0.2, 0) is 11.4 Å². The lowest BCUT2D eigenvalue weighted by Crippen LogP contribution is -2.37. The summed E-state index contributed by atoms with van der Waals surface area (Å²) in [4.78, 5) is 21.6. The normalized spacial score (nSPS) is 19.6. The Morgan fingerprint density at radius 2 is 1.45 bits per heavy atom. The smallest absolute Gasteiger partial charge is 0.264 e. The third kappa shape index (κ3) is 7.17.